The van der Waals surface area contributed by atoms with Gasteiger partial charge in [0.15, 0.2) is 6.61 Å². The van der Waals surface area contributed by atoms with E-state index in [4.69, 9.17) is 20.8 Å². The molecule has 0 unspecified atom stereocenters. The molecule has 0 spiro atoms. The maximum atomic E-state index is 12.4. The Labute approximate surface area is 177 Å². The minimum Gasteiger partial charge on any atom is -0.483 e. The molecule has 0 atom stereocenters. The number of ether oxygens (including phenoxy) is 1. The van der Waals surface area contributed by atoms with Gasteiger partial charge in [-0.2, -0.15) is 0 Å². The number of carbonyl (C=O) groups is 1. The van der Waals surface area contributed by atoms with Gasteiger partial charge in [-0.25, -0.2) is 4.79 Å². The third-order valence-electron chi connectivity index (χ3n) is 4.59. The van der Waals surface area contributed by atoms with Crippen LogP contribution in [0, 0.1) is 6.92 Å². The number of amides is 1. The van der Waals surface area contributed by atoms with E-state index in [1.165, 1.54) is 0 Å². The molecule has 5 nitrogen and oxygen atoms in total. The number of hydrogen-bond donors (Lipinski definition) is 1. The van der Waals surface area contributed by atoms with Crippen LogP contribution in [-0.2, 0) is 4.79 Å². The van der Waals surface area contributed by atoms with Gasteiger partial charge >= 0.3 is 5.63 Å². The Kier molecular flexibility index (Phi) is 5.55. The zero-order valence-corrected chi connectivity index (χ0v) is 16.9. The average Bonchev–Trinajstić information content (AvgIpc) is 2.73. The molecule has 6 heteroatoms. The molecule has 0 saturated heterocycles. The Bertz CT molecular complexity index is 1300. The van der Waals surface area contributed by atoms with Gasteiger partial charge in [0, 0.05) is 16.1 Å². The Hall–Kier alpha value is -3.57. The molecule has 4 rings (SSSR count). The monoisotopic (exact) mass is 419 g/mol. The molecule has 0 aliphatic carbocycles. The van der Waals surface area contributed by atoms with E-state index >= 15 is 0 Å². The van der Waals surface area contributed by atoms with Crippen LogP contribution in [0.15, 0.2) is 82.0 Å². The van der Waals surface area contributed by atoms with E-state index in [-0.39, 0.29) is 12.5 Å². The minimum absolute atomic E-state index is 0.148. The Balaban J connectivity index is 1.50. The fourth-order valence-corrected chi connectivity index (χ4v) is 3.37. The van der Waals surface area contributed by atoms with Crippen molar-refractivity contribution < 1.29 is 13.9 Å². The zero-order chi connectivity index (χ0) is 21.1. The summed E-state index contributed by atoms with van der Waals surface area (Å²) in [5.41, 5.74) is 2.59. The minimum atomic E-state index is -0.432. The third-order valence-corrected chi connectivity index (χ3v) is 4.83. The van der Waals surface area contributed by atoms with E-state index in [1.54, 1.807) is 54.6 Å². The summed E-state index contributed by atoms with van der Waals surface area (Å²) < 4.78 is 11.0. The molecule has 1 heterocycles. The first-order valence-electron chi connectivity index (χ1n) is 9.32. The van der Waals surface area contributed by atoms with Gasteiger partial charge in [-0.1, -0.05) is 41.9 Å². The van der Waals surface area contributed by atoms with Gasteiger partial charge in [0.05, 0.1) is 5.56 Å². The van der Waals surface area contributed by atoms with Crippen molar-refractivity contribution in [1.82, 2.24) is 0 Å². The first-order chi connectivity index (χ1) is 14.5. The van der Waals surface area contributed by atoms with E-state index in [2.05, 4.69) is 5.32 Å². The highest BCUT2D eigenvalue weighted by molar-refractivity contribution is 6.30. The van der Waals surface area contributed by atoms with Crippen LogP contribution in [0.2, 0.25) is 5.02 Å². The molecular weight excluding hydrogens is 402 g/mol. The number of hydrogen-bond acceptors (Lipinski definition) is 4. The SMILES string of the molecule is Cc1cc(Cl)ccc1OCC(=O)Nc1cccc(-c2cc3ccccc3oc2=O)c1. The number of halogens is 1. The Morgan fingerprint density at radius 1 is 1.03 bits per heavy atom. The quantitative estimate of drug-likeness (QED) is 0.437. The van der Waals surface area contributed by atoms with Gasteiger partial charge in [-0.05, 0) is 60.5 Å². The van der Waals surface area contributed by atoms with Crippen molar-refractivity contribution >= 4 is 34.2 Å². The number of rotatable bonds is 5. The predicted octanol–water partition coefficient (Wildman–Crippen LogP) is 5.44. The summed E-state index contributed by atoms with van der Waals surface area (Å²) in [6.45, 7) is 1.71. The van der Waals surface area contributed by atoms with Crippen molar-refractivity contribution in [3.8, 4) is 16.9 Å². The van der Waals surface area contributed by atoms with E-state index in [0.29, 0.717) is 33.2 Å². The van der Waals surface area contributed by atoms with Crippen molar-refractivity contribution in [2.75, 3.05) is 11.9 Å². The topological polar surface area (TPSA) is 68.5 Å². The third kappa shape index (κ3) is 4.36. The summed E-state index contributed by atoms with van der Waals surface area (Å²) >= 11 is 5.93. The molecule has 0 bridgehead atoms. The van der Waals surface area contributed by atoms with Crippen molar-refractivity contribution in [2.24, 2.45) is 0 Å². The van der Waals surface area contributed by atoms with Crippen LogP contribution in [0.4, 0.5) is 5.69 Å². The van der Waals surface area contributed by atoms with Crippen LogP contribution < -0.4 is 15.7 Å². The summed E-state index contributed by atoms with van der Waals surface area (Å²) in [6.07, 6.45) is 0. The number of fused-ring (bicyclic) bond motifs is 1. The molecule has 150 valence electrons. The number of para-hydroxylation sites is 1. The number of carbonyl (C=O) groups excluding carboxylic acids is 1. The number of nitrogens with one attached hydrogen (secondary N) is 1. The molecule has 0 radical (unpaired) electrons. The Morgan fingerprint density at radius 3 is 2.70 bits per heavy atom. The van der Waals surface area contributed by atoms with Crippen molar-refractivity contribution in [3.63, 3.8) is 0 Å². The van der Waals surface area contributed by atoms with E-state index in [9.17, 15) is 9.59 Å². The fraction of sp³-hybridized carbons (Fsp3) is 0.0833. The van der Waals surface area contributed by atoms with E-state index < -0.39 is 5.63 Å². The average molecular weight is 420 g/mol. The second-order valence-corrected chi connectivity index (χ2v) is 7.25. The molecule has 0 saturated carbocycles. The van der Waals surface area contributed by atoms with E-state index in [0.717, 1.165) is 10.9 Å². The summed E-state index contributed by atoms with van der Waals surface area (Å²) in [5.74, 6) is 0.282. The van der Waals surface area contributed by atoms with Gasteiger partial charge in [-0.3, -0.25) is 4.79 Å². The lowest BCUT2D eigenvalue weighted by Crippen LogP contribution is -2.20. The number of anilines is 1. The van der Waals surface area contributed by atoms with Crippen LogP contribution >= 0.6 is 11.6 Å². The first-order valence-corrected chi connectivity index (χ1v) is 9.69. The summed E-state index contributed by atoms with van der Waals surface area (Å²) in [4.78, 5) is 24.7. The smallest absolute Gasteiger partial charge is 0.344 e. The lowest BCUT2D eigenvalue weighted by Gasteiger charge is -2.10. The summed E-state index contributed by atoms with van der Waals surface area (Å²) in [7, 11) is 0. The van der Waals surface area contributed by atoms with Crippen LogP contribution in [-0.4, -0.2) is 12.5 Å². The fourth-order valence-electron chi connectivity index (χ4n) is 3.14. The van der Waals surface area contributed by atoms with Crippen molar-refractivity contribution in [2.45, 2.75) is 6.92 Å². The number of benzene rings is 3. The lowest BCUT2D eigenvalue weighted by molar-refractivity contribution is -0.118. The maximum Gasteiger partial charge on any atom is 0.344 e. The van der Waals surface area contributed by atoms with Crippen molar-refractivity contribution in [3.05, 3.63) is 93.8 Å². The highest BCUT2D eigenvalue weighted by Crippen LogP contribution is 2.24. The van der Waals surface area contributed by atoms with Gasteiger partial charge in [0.25, 0.3) is 5.91 Å². The van der Waals surface area contributed by atoms with Gasteiger partial charge in [0.1, 0.15) is 11.3 Å². The molecule has 0 aliphatic heterocycles. The van der Waals surface area contributed by atoms with Crippen LogP contribution in [0.3, 0.4) is 0 Å². The van der Waals surface area contributed by atoms with Crippen LogP contribution in [0.1, 0.15) is 5.56 Å². The van der Waals surface area contributed by atoms with Gasteiger partial charge in [0.2, 0.25) is 0 Å². The molecule has 4 aromatic rings. The largest absolute Gasteiger partial charge is 0.483 e. The highest BCUT2D eigenvalue weighted by atomic mass is 35.5. The molecule has 1 N–H and O–H groups in total. The van der Waals surface area contributed by atoms with Crippen molar-refractivity contribution in [1.29, 1.82) is 0 Å². The number of aryl methyl sites for hydroxylation is 1. The summed E-state index contributed by atoms with van der Waals surface area (Å²) in [5, 5.41) is 4.22. The molecule has 1 amide bonds. The van der Waals surface area contributed by atoms with Crippen LogP contribution in [0.5, 0.6) is 5.75 Å². The molecular formula is C24H18ClNO4. The molecule has 30 heavy (non-hydrogen) atoms. The maximum absolute atomic E-state index is 12.4. The second kappa shape index (κ2) is 8.43. The molecule has 3 aromatic carbocycles. The van der Waals surface area contributed by atoms with Gasteiger partial charge < -0.3 is 14.5 Å². The Morgan fingerprint density at radius 2 is 1.87 bits per heavy atom. The van der Waals surface area contributed by atoms with E-state index in [1.807, 2.05) is 25.1 Å². The molecule has 1 aromatic heterocycles. The zero-order valence-electron chi connectivity index (χ0n) is 16.1. The van der Waals surface area contributed by atoms with Crippen LogP contribution in [0.25, 0.3) is 22.1 Å². The summed E-state index contributed by atoms with van der Waals surface area (Å²) in [6, 6.07) is 21.4. The molecule has 0 aliphatic rings. The lowest BCUT2D eigenvalue weighted by atomic mass is 10.1. The normalized spacial score (nSPS) is 10.7. The van der Waals surface area contributed by atoms with Gasteiger partial charge in [-0.15, -0.1) is 0 Å². The predicted molar refractivity (Wildman–Crippen MR) is 118 cm³/mol. The highest BCUT2D eigenvalue weighted by Gasteiger charge is 2.10. The standard InChI is InChI=1S/C24H18ClNO4/c1-15-11-18(25)9-10-21(15)29-14-23(27)26-19-7-4-6-16(12-19)20-13-17-5-2-3-8-22(17)30-24(20)28/h2-13H,14H2,1H3,(H,26,27). The first kappa shape index (κ1) is 19.7. The second-order valence-electron chi connectivity index (χ2n) is 6.81. The molecule has 0 fully saturated rings.